The van der Waals surface area contributed by atoms with Crippen molar-refractivity contribution in [1.29, 1.82) is 0 Å². The Balaban J connectivity index is 1.74. The molecule has 1 amide bonds. The second-order valence-electron chi connectivity index (χ2n) is 5.34. The summed E-state index contributed by atoms with van der Waals surface area (Å²) < 4.78 is 2.11. The lowest BCUT2D eigenvalue weighted by atomic mass is 10.3. The van der Waals surface area contributed by atoms with Crippen LogP contribution in [0.4, 0.5) is 11.4 Å². The lowest BCUT2D eigenvalue weighted by Crippen LogP contribution is -2.22. The molecule has 2 heterocycles. The predicted octanol–water partition coefficient (Wildman–Crippen LogP) is 3.77. The third-order valence-corrected chi connectivity index (χ3v) is 5.80. The van der Waals surface area contributed by atoms with Gasteiger partial charge >= 0.3 is 0 Å². The normalized spacial score (nSPS) is 10.9. The Morgan fingerprint density at radius 3 is 2.89 bits per heavy atom. The van der Waals surface area contributed by atoms with Crippen molar-refractivity contribution in [1.82, 2.24) is 9.55 Å². The van der Waals surface area contributed by atoms with Crippen LogP contribution in [-0.4, -0.2) is 26.1 Å². The number of amides is 1. The first-order valence-corrected chi connectivity index (χ1v) is 9.99. The van der Waals surface area contributed by atoms with E-state index >= 15 is 0 Å². The monoisotopic (exact) mass is 424 g/mol. The molecular formula is C16H13ClN4O4S2. The maximum Gasteiger partial charge on any atom is 0.272 e. The van der Waals surface area contributed by atoms with Gasteiger partial charge in [-0.05, 0) is 24.4 Å². The smallest absolute Gasteiger partial charge is 0.272 e. The molecule has 0 saturated heterocycles. The number of aromatic nitrogens is 2. The van der Waals surface area contributed by atoms with Gasteiger partial charge in [0.15, 0.2) is 5.16 Å². The number of thiophene rings is 1. The Kier molecular flexibility index (Phi) is 5.78. The Morgan fingerprint density at radius 1 is 1.44 bits per heavy atom. The molecule has 2 aromatic heterocycles. The Labute approximate surface area is 166 Å². The lowest BCUT2D eigenvalue weighted by Gasteiger charge is -2.10. The van der Waals surface area contributed by atoms with Crippen LogP contribution in [0.5, 0.6) is 0 Å². The van der Waals surface area contributed by atoms with Crippen LogP contribution in [-0.2, 0) is 11.3 Å². The van der Waals surface area contributed by atoms with Crippen LogP contribution in [0.3, 0.4) is 0 Å². The van der Waals surface area contributed by atoms with E-state index < -0.39 is 4.92 Å². The number of nitro benzene ring substituents is 1. The summed E-state index contributed by atoms with van der Waals surface area (Å²) in [7, 11) is 0. The summed E-state index contributed by atoms with van der Waals surface area (Å²) in [6.45, 7) is 2.28. The van der Waals surface area contributed by atoms with E-state index in [1.54, 1.807) is 11.4 Å². The molecule has 3 rings (SSSR count). The number of rotatable bonds is 6. The minimum atomic E-state index is -0.566. The van der Waals surface area contributed by atoms with Crippen molar-refractivity contribution < 1.29 is 9.72 Å². The molecule has 0 fully saturated rings. The van der Waals surface area contributed by atoms with E-state index in [9.17, 15) is 19.7 Å². The van der Waals surface area contributed by atoms with Crippen molar-refractivity contribution in [3.63, 3.8) is 0 Å². The van der Waals surface area contributed by atoms with Gasteiger partial charge in [-0.25, -0.2) is 4.98 Å². The fraction of sp³-hybridized carbons (Fsp3) is 0.188. The molecule has 0 atom stereocenters. The Morgan fingerprint density at radius 2 is 2.22 bits per heavy atom. The molecule has 0 aliphatic rings. The van der Waals surface area contributed by atoms with Crippen LogP contribution in [0.15, 0.2) is 39.6 Å². The molecule has 3 aromatic rings. The highest BCUT2D eigenvalue weighted by molar-refractivity contribution is 7.99. The molecule has 0 aliphatic carbocycles. The molecule has 8 nitrogen and oxygen atoms in total. The predicted molar refractivity (Wildman–Crippen MR) is 107 cm³/mol. The standard InChI is InChI=1S/C16H13ClN4O4S2/c1-2-20-15(23)14-12(5-6-26-14)19-16(20)27-8-13(22)18-11-4-3-9(21(24)25)7-10(11)17/h3-7H,2,8H2,1H3,(H,18,22). The van der Waals surface area contributed by atoms with Crippen LogP contribution in [0, 0.1) is 10.1 Å². The van der Waals surface area contributed by atoms with Gasteiger partial charge in [-0.1, -0.05) is 23.4 Å². The van der Waals surface area contributed by atoms with Gasteiger partial charge < -0.3 is 5.32 Å². The van der Waals surface area contributed by atoms with Crippen molar-refractivity contribution in [3.8, 4) is 0 Å². The number of halogens is 1. The molecule has 0 saturated carbocycles. The fourth-order valence-corrected chi connectivity index (χ4v) is 4.21. The Bertz CT molecular complexity index is 1100. The van der Waals surface area contributed by atoms with E-state index in [4.69, 9.17) is 11.6 Å². The minimum Gasteiger partial charge on any atom is -0.324 e. The summed E-state index contributed by atoms with van der Waals surface area (Å²) in [6.07, 6.45) is 0. The fourth-order valence-electron chi connectivity index (χ4n) is 2.35. The highest BCUT2D eigenvalue weighted by atomic mass is 35.5. The molecule has 27 heavy (non-hydrogen) atoms. The number of anilines is 1. The van der Waals surface area contributed by atoms with E-state index in [2.05, 4.69) is 10.3 Å². The van der Waals surface area contributed by atoms with Gasteiger partial charge in [0.05, 0.1) is 26.9 Å². The van der Waals surface area contributed by atoms with Gasteiger partial charge in [0.25, 0.3) is 11.2 Å². The summed E-state index contributed by atoms with van der Waals surface area (Å²) in [5, 5.41) is 15.7. The van der Waals surface area contributed by atoms with Crippen LogP contribution in [0.1, 0.15) is 6.92 Å². The van der Waals surface area contributed by atoms with Crippen molar-refractivity contribution in [2.24, 2.45) is 0 Å². The number of carbonyl (C=O) groups is 1. The molecule has 0 radical (unpaired) electrons. The van der Waals surface area contributed by atoms with E-state index in [-0.39, 0.29) is 33.6 Å². The van der Waals surface area contributed by atoms with Gasteiger partial charge in [-0.15, -0.1) is 11.3 Å². The molecule has 11 heteroatoms. The van der Waals surface area contributed by atoms with Gasteiger partial charge in [0, 0.05) is 18.7 Å². The van der Waals surface area contributed by atoms with Crippen LogP contribution in [0.25, 0.3) is 10.2 Å². The van der Waals surface area contributed by atoms with Crippen molar-refractivity contribution in [2.45, 2.75) is 18.6 Å². The highest BCUT2D eigenvalue weighted by Crippen LogP contribution is 2.27. The number of fused-ring (bicyclic) bond motifs is 1. The van der Waals surface area contributed by atoms with E-state index in [0.29, 0.717) is 21.9 Å². The summed E-state index contributed by atoms with van der Waals surface area (Å²) in [6, 6.07) is 5.57. The van der Waals surface area contributed by atoms with Gasteiger partial charge in [-0.3, -0.25) is 24.3 Å². The van der Waals surface area contributed by atoms with Crippen LogP contribution < -0.4 is 10.9 Å². The molecule has 0 unspecified atom stereocenters. The third kappa shape index (κ3) is 4.12. The number of nitrogens with zero attached hydrogens (tertiary/aromatic N) is 3. The number of benzene rings is 1. The first-order chi connectivity index (χ1) is 12.9. The van der Waals surface area contributed by atoms with Crippen molar-refractivity contribution >= 4 is 62.2 Å². The maximum absolute atomic E-state index is 12.5. The molecule has 1 N–H and O–H groups in total. The topological polar surface area (TPSA) is 107 Å². The number of carbonyl (C=O) groups excluding carboxylic acids is 1. The number of thioether (sulfide) groups is 1. The first kappa shape index (κ1) is 19.3. The molecule has 0 spiro atoms. The van der Waals surface area contributed by atoms with Gasteiger partial charge in [-0.2, -0.15) is 0 Å². The second kappa shape index (κ2) is 8.07. The zero-order valence-electron chi connectivity index (χ0n) is 14.0. The highest BCUT2D eigenvalue weighted by Gasteiger charge is 2.15. The molecule has 1 aromatic carbocycles. The van der Waals surface area contributed by atoms with E-state index in [1.807, 2.05) is 6.92 Å². The molecule has 140 valence electrons. The number of hydrogen-bond donors (Lipinski definition) is 1. The summed E-state index contributed by atoms with van der Waals surface area (Å²) in [5.74, 6) is -0.354. The molecule has 0 bridgehead atoms. The summed E-state index contributed by atoms with van der Waals surface area (Å²) >= 11 is 8.45. The molecule has 0 aliphatic heterocycles. The largest absolute Gasteiger partial charge is 0.324 e. The van der Waals surface area contributed by atoms with Gasteiger partial charge in [0.1, 0.15) is 4.70 Å². The average molecular weight is 425 g/mol. The first-order valence-electron chi connectivity index (χ1n) is 7.75. The Hall–Kier alpha value is -2.43. The number of nitrogens with one attached hydrogen (secondary N) is 1. The lowest BCUT2D eigenvalue weighted by molar-refractivity contribution is -0.384. The number of nitro groups is 1. The number of hydrogen-bond acceptors (Lipinski definition) is 7. The maximum atomic E-state index is 12.5. The second-order valence-corrected chi connectivity index (χ2v) is 7.60. The number of non-ortho nitro benzene ring substituents is 1. The van der Waals surface area contributed by atoms with E-state index in [0.717, 1.165) is 11.8 Å². The molecular weight excluding hydrogens is 412 g/mol. The van der Waals surface area contributed by atoms with E-state index in [1.165, 1.54) is 34.1 Å². The summed E-state index contributed by atoms with van der Waals surface area (Å²) in [5.41, 5.74) is 0.601. The SMILES string of the molecule is CCn1c(SCC(=O)Nc2ccc([N+](=O)[O-])cc2Cl)nc2ccsc2c1=O. The van der Waals surface area contributed by atoms with Crippen LogP contribution >= 0.6 is 34.7 Å². The summed E-state index contributed by atoms with van der Waals surface area (Å²) in [4.78, 5) is 39.3. The minimum absolute atomic E-state index is 0.00933. The zero-order valence-corrected chi connectivity index (χ0v) is 16.4. The van der Waals surface area contributed by atoms with Crippen molar-refractivity contribution in [3.05, 3.63) is 55.1 Å². The third-order valence-electron chi connectivity index (χ3n) is 3.62. The van der Waals surface area contributed by atoms with Gasteiger partial charge in [0.2, 0.25) is 5.91 Å². The average Bonchev–Trinajstić information content (AvgIpc) is 3.10. The zero-order chi connectivity index (χ0) is 19.6. The van der Waals surface area contributed by atoms with Crippen LogP contribution in [0.2, 0.25) is 5.02 Å². The van der Waals surface area contributed by atoms with Crippen molar-refractivity contribution in [2.75, 3.05) is 11.1 Å². The quantitative estimate of drug-likeness (QED) is 0.279.